The van der Waals surface area contributed by atoms with Crippen LogP contribution in [-0.2, 0) is 16.0 Å². The standard InChI is InChI=1S/C16H23NO3/c1-3-20-15-8-4-12(5-9-15)10-14(11-16(18)19-2)17-13-6-7-13/h4-5,8-9,13-14,17H,3,6-7,10-11H2,1-2H3. The first kappa shape index (κ1) is 14.9. The summed E-state index contributed by atoms with van der Waals surface area (Å²) in [6.07, 6.45) is 3.67. The molecule has 1 N–H and O–H groups in total. The van der Waals surface area contributed by atoms with E-state index in [0.29, 0.717) is 19.1 Å². The summed E-state index contributed by atoms with van der Waals surface area (Å²) in [4.78, 5) is 11.5. The van der Waals surface area contributed by atoms with Crippen molar-refractivity contribution in [3.05, 3.63) is 29.8 Å². The van der Waals surface area contributed by atoms with Crippen LogP contribution in [0.25, 0.3) is 0 Å². The molecule has 4 nitrogen and oxygen atoms in total. The van der Waals surface area contributed by atoms with Crippen molar-refractivity contribution in [2.75, 3.05) is 13.7 Å². The minimum atomic E-state index is -0.158. The molecule has 0 amide bonds. The van der Waals surface area contributed by atoms with Crippen molar-refractivity contribution in [1.82, 2.24) is 5.32 Å². The second-order valence-corrected chi connectivity index (χ2v) is 5.20. The van der Waals surface area contributed by atoms with Crippen molar-refractivity contribution >= 4 is 5.97 Å². The highest BCUT2D eigenvalue weighted by atomic mass is 16.5. The fourth-order valence-corrected chi connectivity index (χ4v) is 2.23. The molecule has 20 heavy (non-hydrogen) atoms. The van der Waals surface area contributed by atoms with Crippen molar-refractivity contribution < 1.29 is 14.3 Å². The summed E-state index contributed by atoms with van der Waals surface area (Å²) < 4.78 is 10.2. The Morgan fingerprint density at radius 1 is 1.35 bits per heavy atom. The Hall–Kier alpha value is -1.55. The van der Waals surface area contributed by atoms with E-state index in [0.717, 1.165) is 12.2 Å². The molecule has 1 aliphatic carbocycles. The van der Waals surface area contributed by atoms with Crippen molar-refractivity contribution in [3.63, 3.8) is 0 Å². The van der Waals surface area contributed by atoms with E-state index in [2.05, 4.69) is 17.4 Å². The molecule has 1 unspecified atom stereocenters. The number of methoxy groups -OCH3 is 1. The van der Waals surface area contributed by atoms with Crippen LogP contribution in [0.4, 0.5) is 0 Å². The van der Waals surface area contributed by atoms with Crippen LogP contribution in [0, 0.1) is 0 Å². The van der Waals surface area contributed by atoms with E-state index in [9.17, 15) is 4.79 Å². The second-order valence-electron chi connectivity index (χ2n) is 5.20. The molecule has 1 aromatic rings. The first-order valence-electron chi connectivity index (χ1n) is 7.26. The third kappa shape index (κ3) is 4.85. The van der Waals surface area contributed by atoms with Gasteiger partial charge in [0, 0.05) is 12.1 Å². The molecule has 0 radical (unpaired) electrons. The zero-order chi connectivity index (χ0) is 14.4. The van der Waals surface area contributed by atoms with Crippen LogP contribution in [-0.4, -0.2) is 31.8 Å². The van der Waals surface area contributed by atoms with Crippen molar-refractivity contribution in [3.8, 4) is 5.75 Å². The van der Waals surface area contributed by atoms with Gasteiger partial charge in [0.25, 0.3) is 0 Å². The number of nitrogens with one attached hydrogen (secondary N) is 1. The summed E-state index contributed by atoms with van der Waals surface area (Å²) in [6, 6.07) is 8.80. The van der Waals surface area contributed by atoms with Gasteiger partial charge in [0.15, 0.2) is 0 Å². The van der Waals surface area contributed by atoms with Crippen molar-refractivity contribution in [2.24, 2.45) is 0 Å². The molecule has 1 aliphatic rings. The highest BCUT2D eigenvalue weighted by Crippen LogP contribution is 2.21. The van der Waals surface area contributed by atoms with E-state index in [4.69, 9.17) is 9.47 Å². The van der Waals surface area contributed by atoms with Crippen LogP contribution in [0.3, 0.4) is 0 Å². The van der Waals surface area contributed by atoms with Gasteiger partial charge in [-0.1, -0.05) is 12.1 Å². The topological polar surface area (TPSA) is 47.6 Å². The number of carbonyl (C=O) groups excluding carboxylic acids is 1. The maximum Gasteiger partial charge on any atom is 0.307 e. The molecule has 0 spiro atoms. The minimum absolute atomic E-state index is 0.146. The van der Waals surface area contributed by atoms with Gasteiger partial charge >= 0.3 is 5.97 Å². The molecule has 110 valence electrons. The molecule has 2 rings (SSSR count). The van der Waals surface area contributed by atoms with Crippen LogP contribution in [0.2, 0.25) is 0 Å². The summed E-state index contributed by atoms with van der Waals surface area (Å²) in [5.74, 6) is 0.727. The number of carbonyl (C=O) groups is 1. The van der Waals surface area contributed by atoms with Crippen molar-refractivity contribution in [1.29, 1.82) is 0 Å². The molecule has 0 bridgehead atoms. The molecular weight excluding hydrogens is 254 g/mol. The molecule has 0 saturated heterocycles. The predicted molar refractivity (Wildman–Crippen MR) is 77.9 cm³/mol. The number of hydrogen-bond acceptors (Lipinski definition) is 4. The van der Waals surface area contributed by atoms with Crippen LogP contribution in [0.1, 0.15) is 31.7 Å². The Morgan fingerprint density at radius 3 is 2.60 bits per heavy atom. The highest BCUT2D eigenvalue weighted by molar-refractivity contribution is 5.70. The molecule has 0 heterocycles. The van der Waals surface area contributed by atoms with Gasteiger partial charge in [-0.3, -0.25) is 4.79 Å². The first-order valence-corrected chi connectivity index (χ1v) is 7.26. The molecular formula is C16H23NO3. The first-order chi connectivity index (χ1) is 9.71. The minimum Gasteiger partial charge on any atom is -0.494 e. The summed E-state index contributed by atoms with van der Waals surface area (Å²) in [7, 11) is 1.44. The predicted octanol–water partition coefficient (Wildman–Crippen LogP) is 2.31. The largest absolute Gasteiger partial charge is 0.494 e. The second kappa shape index (κ2) is 7.29. The van der Waals surface area contributed by atoms with Gasteiger partial charge in [-0.2, -0.15) is 0 Å². The zero-order valence-corrected chi connectivity index (χ0v) is 12.2. The average Bonchev–Trinajstić information content (AvgIpc) is 3.25. The number of esters is 1. The molecule has 4 heteroatoms. The van der Waals surface area contributed by atoms with Gasteiger partial charge in [0.1, 0.15) is 5.75 Å². The lowest BCUT2D eigenvalue weighted by Gasteiger charge is -2.17. The van der Waals surface area contributed by atoms with E-state index in [1.807, 2.05) is 19.1 Å². The van der Waals surface area contributed by atoms with Crippen LogP contribution in [0.5, 0.6) is 5.75 Å². The van der Waals surface area contributed by atoms with Gasteiger partial charge in [0.05, 0.1) is 20.1 Å². The summed E-state index contributed by atoms with van der Waals surface area (Å²) >= 11 is 0. The number of rotatable bonds is 8. The van der Waals surface area contributed by atoms with Gasteiger partial charge in [-0.15, -0.1) is 0 Å². The third-order valence-electron chi connectivity index (χ3n) is 3.41. The quantitative estimate of drug-likeness (QED) is 0.741. The van der Waals surface area contributed by atoms with Crippen LogP contribution >= 0.6 is 0 Å². The Labute approximate surface area is 120 Å². The zero-order valence-electron chi connectivity index (χ0n) is 12.2. The SMILES string of the molecule is CCOc1ccc(CC(CC(=O)OC)NC2CC2)cc1. The van der Waals surface area contributed by atoms with Gasteiger partial charge in [0.2, 0.25) is 0 Å². The molecule has 1 fully saturated rings. The van der Waals surface area contributed by atoms with Crippen molar-refractivity contribution in [2.45, 2.75) is 44.7 Å². The third-order valence-corrected chi connectivity index (χ3v) is 3.41. The van der Waals surface area contributed by atoms with Crippen LogP contribution < -0.4 is 10.1 Å². The molecule has 0 aliphatic heterocycles. The number of ether oxygens (including phenoxy) is 2. The average molecular weight is 277 g/mol. The van der Waals surface area contributed by atoms with Gasteiger partial charge < -0.3 is 14.8 Å². The summed E-state index contributed by atoms with van der Waals surface area (Å²) in [6.45, 7) is 2.65. The van der Waals surface area contributed by atoms with Gasteiger partial charge in [-0.25, -0.2) is 0 Å². The maximum absolute atomic E-state index is 11.5. The summed E-state index contributed by atoms with van der Waals surface area (Å²) in [5.41, 5.74) is 1.20. The Balaban J connectivity index is 1.92. The maximum atomic E-state index is 11.5. The molecule has 1 atom stereocenters. The fourth-order valence-electron chi connectivity index (χ4n) is 2.23. The van der Waals surface area contributed by atoms with E-state index >= 15 is 0 Å². The van der Waals surface area contributed by atoms with E-state index in [1.165, 1.54) is 25.5 Å². The number of hydrogen-bond donors (Lipinski definition) is 1. The number of benzene rings is 1. The Kier molecular flexibility index (Phi) is 5.41. The lowest BCUT2D eigenvalue weighted by molar-refractivity contribution is -0.141. The van der Waals surface area contributed by atoms with Gasteiger partial charge in [-0.05, 0) is 43.9 Å². The molecule has 1 saturated carbocycles. The fraction of sp³-hybridized carbons (Fsp3) is 0.562. The Bertz CT molecular complexity index is 426. The lowest BCUT2D eigenvalue weighted by atomic mass is 10.0. The molecule has 0 aromatic heterocycles. The summed E-state index contributed by atoms with van der Waals surface area (Å²) in [5, 5.41) is 3.51. The van der Waals surface area contributed by atoms with E-state index in [1.54, 1.807) is 0 Å². The monoisotopic (exact) mass is 277 g/mol. The highest BCUT2D eigenvalue weighted by Gasteiger charge is 2.26. The molecule has 1 aromatic carbocycles. The Morgan fingerprint density at radius 2 is 2.05 bits per heavy atom. The smallest absolute Gasteiger partial charge is 0.307 e. The normalized spacial score (nSPS) is 15.7. The van der Waals surface area contributed by atoms with E-state index in [-0.39, 0.29) is 12.0 Å². The van der Waals surface area contributed by atoms with Crippen LogP contribution in [0.15, 0.2) is 24.3 Å². The lowest BCUT2D eigenvalue weighted by Crippen LogP contribution is -2.35. The van der Waals surface area contributed by atoms with E-state index < -0.39 is 0 Å².